The van der Waals surface area contributed by atoms with Crippen LogP contribution in [0.2, 0.25) is 0 Å². The third kappa shape index (κ3) is 8.51. The Balaban J connectivity index is 1.89. The molecule has 1 aromatic heterocycles. The second kappa shape index (κ2) is 12.6. The molecule has 1 aromatic rings. The third-order valence-corrected chi connectivity index (χ3v) is 5.75. The van der Waals surface area contributed by atoms with Crippen molar-refractivity contribution in [3.05, 3.63) is 17.5 Å². The zero-order valence-electron chi connectivity index (χ0n) is 18.2. The van der Waals surface area contributed by atoms with Crippen LogP contribution in [0.5, 0.6) is 0 Å². The van der Waals surface area contributed by atoms with Crippen molar-refractivity contribution in [1.82, 2.24) is 16.0 Å². The first-order chi connectivity index (χ1) is 14.0. The van der Waals surface area contributed by atoms with E-state index in [0.29, 0.717) is 25.1 Å². The Labute approximate surface area is 179 Å². The molecule has 164 valence electrons. The topological polar surface area (TPSA) is 78.0 Å². The summed E-state index contributed by atoms with van der Waals surface area (Å²) in [5, 5.41) is 13.3. The lowest BCUT2D eigenvalue weighted by Gasteiger charge is -2.33. The normalized spacial score (nSPS) is 16.6. The summed E-state index contributed by atoms with van der Waals surface area (Å²) in [6.45, 7) is 12.0. The molecule has 1 saturated heterocycles. The zero-order valence-corrected chi connectivity index (χ0v) is 19.1. The van der Waals surface area contributed by atoms with Crippen molar-refractivity contribution in [3.8, 4) is 0 Å². The lowest BCUT2D eigenvalue weighted by Crippen LogP contribution is -2.49. The van der Waals surface area contributed by atoms with E-state index in [-0.39, 0.29) is 12.1 Å². The van der Waals surface area contributed by atoms with Gasteiger partial charge in [-0.2, -0.15) is 0 Å². The molecule has 1 fully saturated rings. The van der Waals surface area contributed by atoms with Gasteiger partial charge in [-0.25, -0.2) is 4.79 Å². The van der Waals surface area contributed by atoms with Gasteiger partial charge in [-0.1, -0.05) is 13.8 Å². The molecule has 2 heterocycles. The molecule has 0 saturated carbocycles. The van der Waals surface area contributed by atoms with Crippen molar-refractivity contribution in [2.24, 2.45) is 10.9 Å². The molecule has 1 amide bonds. The van der Waals surface area contributed by atoms with E-state index in [1.165, 1.54) is 5.00 Å². The van der Waals surface area contributed by atoms with E-state index in [2.05, 4.69) is 59.1 Å². The molecular formula is C21H37N5O2S. The zero-order chi connectivity index (χ0) is 21.1. The number of nitrogens with zero attached hydrogens (tertiary/aromatic N) is 2. The molecule has 3 N–H and O–H groups in total. The molecule has 2 rings (SSSR count). The number of amides is 1. The molecule has 1 aliphatic rings. The van der Waals surface area contributed by atoms with E-state index >= 15 is 0 Å². The van der Waals surface area contributed by atoms with Crippen molar-refractivity contribution < 1.29 is 9.53 Å². The largest absolute Gasteiger partial charge is 0.450 e. The van der Waals surface area contributed by atoms with E-state index in [1.54, 1.807) is 11.3 Å². The van der Waals surface area contributed by atoms with Crippen LogP contribution in [0.3, 0.4) is 0 Å². The number of carbonyl (C=O) groups is 1. The quantitative estimate of drug-likeness (QED) is 0.419. The Kier molecular flexibility index (Phi) is 10.1. The van der Waals surface area contributed by atoms with Crippen LogP contribution in [-0.2, 0) is 4.74 Å². The summed E-state index contributed by atoms with van der Waals surface area (Å²) < 4.78 is 5.04. The maximum Gasteiger partial charge on any atom is 0.407 e. The maximum absolute atomic E-state index is 11.8. The second-order valence-corrected chi connectivity index (χ2v) is 8.69. The van der Waals surface area contributed by atoms with Gasteiger partial charge in [0.2, 0.25) is 0 Å². The minimum atomic E-state index is -0.368. The summed E-state index contributed by atoms with van der Waals surface area (Å²) in [5.74, 6) is 1.29. The standard InChI is InChI=1S/C21H37N5O2S/c1-5-22-20(23-15-18(14-16(3)4)25-21(27)28-6-2)24-17-9-11-26(12-10-17)19-8-7-13-29-19/h7-8,13,16-18H,5-6,9-12,14-15H2,1-4H3,(H,25,27)(H2,22,23,24). The predicted molar refractivity (Wildman–Crippen MR) is 122 cm³/mol. The molecule has 0 radical (unpaired) electrons. The molecule has 29 heavy (non-hydrogen) atoms. The van der Waals surface area contributed by atoms with E-state index in [4.69, 9.17) is 9.73 Å². The number of piperidine rings is 1. The van der Waals surface area contributed by atoms with Crippen LogP contribution in [0.15, 0.2) is 22.5 Å². The lowest BCUT2D eigenvalue weighted by atomic mass is 10.0. The fraction of sp³-hybridized carbons (Fsp3) is 0.714. The number of hydrogen-bond acceptors (Lipinski definition) is 5. The molecule has 8 heteroatoms. The van der Waals surface area contributed by atoms with Crippen LogP contribution in [0, 0.1) is 5.92 Å². The maximum atomic E-state index is 11.8. The van der Waals surface area contributed by atoms with Crippen LogP contribution >= 0.6 is 11.3 Å². The highest BCUT2D eigenvalue weighted by molar-refractivity contribution is 7.14. The van der Waals surface area contributed by atoms with Gasteiger partial charge in [-0.15, -0.1) is 11.3 Å². The van der Waals surface area contributed by atoms with Gasteiger partial charge in [0.05, 0.1) is 24.2 Å². The minimum Gasteiger partial charge on any atom is -0.450 e. The van der Waals surface area contributed by atoms with Crippen LogP contribution in [0.25, 0.3) is 0 Å². The smallest absolute Gasteiger partial charge is 0.407 e. The van der Waals surface area contributed by atoms with Gasteiger partial charge in [-0.3, -0.25) is 4.99 Å². The highest BCUT2D eigenvalue weighted by Gasteiger charge is 2.21. The fourth-order valence-electron chi connectivity index (χ4n) is 3.50. The second-order valence-electron chi connectivity index (χ2n) is 7.77. The number of anilines is 1. The lowest BCUT2D eigenvalue weighted by molar-refractivity contribution is 0.147. The Morgan fingerprint density at radius 1 is 1.34 bits per heavy atom. The summed E-state index contributed by atoms with van der Waals surface area (Å²) in [4.78, 5) is 19.0. The summed E-state index contributed by atoms with van der Waals surface area (Å²) in [6.07, 6.45) is 2.66. The average molecular weight is 424 g/mol. The number of aliphatic imine (C=N–C) groups is 1. The SMILES string of the molecule is CCNC(=NCC(CC(C)C)NC(=O)OCC)NC1CCN(c2cccs2)CC1. The summed E-state index contributed by atoms with van der Waals surface area (Å²) in [6, 6.07) is 4.67. The summed E-state index contributed by atoms with van der Waals surface area (Å²) in [7, 11) is 0. The van der Waals surface area contributed by atoms with Crippen molar-refractivity contribution in [2.75, 3.05) is 37.7 Å². The van der Waals surface area contributed by atoms with Gasteiger partial charge < -0.3 is 25.6 Å². The number of alkyl carbamates (subject to hydrolysis) is 1. The van der Waals surface area contributed by atoms with Crippen molar-refractivity contribution in [3.63, 3.8) is 0 Å². The number of ether oxygens (including phenoxy) is 1. The first kappa shape index (κ1) is 23.3. The molecule has 0 bridgehead atoms. The van der Waals surface area contributed by atoms with Crippen molar-refractivity contribution >= 4 is 28.4 Å². The van der Waals surface area contributed by atoms with Gasteiger partial charge in [-0.05, 0) is 56.5 Å². The number of guanidine groups is 1. The molecule has 1 atom stereocenters. The van der Waals surface area contributed by atoms with Gasteiger partial charge in [0.25, 0.3) is 0 Å². The molecule has 1 unspecified atom stereocenters. The molecule has 0 aromatic carbocycles. The Hall–Kier alpha value is -1.96. The number of thiophene rings is 1. The van der Waals surface area contributed by atoms with E-state index in [1.807, 2.05) is 6.92 Å². The first-order valence-corrected chi connectivity index (χ1v) is 11.7. The van der Waals surface area contributed by atoms with Gasteiger partial charge >= 0.3 is 6.09 Å². The highest BCUT2D eigenvalue weighted by atomic mass is 32.1. The molecular weight excluding hydrogens is 386 g/mol. The Bertz CT molecular complexity index is 613. The fourth-order valence-corrected chi connectivity index (χ4v) is 4.28. The van der Waals surface area contributed by atoms with Crippen LogP contribution < -0.4 is 20.9 Å². The van der Waals surface area contributed by atoms with Crippen LogP contribution in [-0.4, -0.2) is 56.9 Å². The monoisotopic (exact) mass is 423 g/mol. The van der Waals surface area contributed by atoms with Gasteiger partial charge in [0.1, 0.15) is 0 Å². The van der Waals surface area contributed by atoms with Crippen molar-refractivity contribution in [2.45, 2.75) is 59.0 Å². The summed E-state index contributed by atoms with van der Waals surface area (Å²) in [5.41, 5.74) is 0. The number of carbonyl (C=O) groups excluding carboxylic acids is 1. The molecule has 0 spiro atoms. The Morgan fingerprint density at radius 2 is 2.10 bits per heavy atom. The van der Waals surface area contributed by atoms with E-state index in [9.17, 15) is 4.79 Å². The number of hydrogen-bond donors (Lipinski definition) is 3. The highest BCUT2D eigenvalue weighted by Crippen LogP contribution is 2.24. The Morgan fingerprint density at radius 3 is 2.69 bits per heavy atom. The van der Waals surface area contributed by atoms with Crippen LogP contribution in [0.1, 0.15) is 47.0 Å². The van der Waals surface area contributed by atoms with Crippen LogP contribution in [0.4, 0.5) is 9.80 Å². The minimum absolute atomic E-state index is 0.0369. The number of rotatable bonds is 9. The van der Waals surface area contributed by atoms with E-state index in [0.717, 1.165) is 44.9 Å². The van der Waals surface area contributed by atoms with Gasteiger partial charge in [0, 0.05) is 25.7 Å². The number of nitrogens with one attached hydrogen (secondary N) is 3. The van der Waals surface area contributed by atoms with E-state index < -0.39 is 0 Å². The van der Waals surface area contributed by atoms with Gasteiger partial charge in [0.15, 0.2) is 5.96 Å². The van der Waals surface area contributed by atoms with Crippen molar-refractivity contribution in [1.29, 1.82) is 0 Å². The third-order valence-electron chi connectivity index (χ3n) is 4.82. The molecule has 7 nitrogen and oxygen atoms in total. The molecule has 0 aliphatic carbocycles. The molecule has 1 aliphatic heterocycles. The summed E-state index contributed by atoms with van der Waals surface area (Å²) >= 11 is 1.80. The first-order valence-electron chi connectivity index (χ1n) is 10.8. The average Bonchev–Trinajstić information content (AvgIpc) is 3.21. The predicted octanol–water partition coefficient (Wildman–Crippen LogP) is 3.43.